The molecule has 3 atom stereocenters. The SMILES string of the molecule is CNC(c1ncccc1F)C1CC1c1ccccc1. The van der Waals surface area contributed by atoms with Gasteiger partial charge >= 0.3 is 0 Å². The maximum absolute atomic E-state index is 13.8. The Morgan fingerprint density at radius 1 is 1.21 bits per heavy atom. The number of aromatic nitrogens is 1. The predicted octanol–water partition coefficient (Wildman–Crippen LogP) is 3.28. The van der Waals surface area contributed by atoms with Crippen LogP contribution in [0.4, 0.5) is 4.39 Å². The zero-order valence-electron chi connectivity index (χ0n) is 10.9. The van der Waals surface area contributed by atoms with Crippen molar-refractivity contribution in [1.82, 2.24) is 10.3 Å². The molecule has 1 aliphatic carbocycles. The van der Waals surface area contributed by atoms with E-state index in [-0.39, 0.29) is 11.9 Å². The lowest BCUT2D eigenvalue weighted by molar-refractivity contribution is 0.470. The second-order valence-corrected chi connectivity index (χ2v) is 5.05. The number of hydrogen-bond acceptors (Lipinski definition) is 2. The van der Waals surface area contributed by atoms with E-state index in [4.69, 9.17) is 0 Å². The summed E-state index contributed by atoms with van der Waals surface area (Å²) in [6.45, 7) is 0. The quantitative estimate of drug-likeness (QED) is 0.908. The maximum atomic E-state index is 13.8. The van der Waals surface area contributed by atoms with Gasteiger partial charge in [0.1, 0.15) is 5.82 Å². The van der Waals surface area contributed by atoms with Gasteiger partial charge in [-0.15, -0.1) is 0 Å². The lowest BCUT2D eigenvalue weighted by Crippen LogP contribution is -2.21. The molecule has 0 radical (unpaired) electrons. The van der Waals surface area contributed by atoms with E-state index in [1.54, 1.807) is 12.3 Å². The molecule has 3 heteroatoms. The highest BCUT2D eigenvalue weighted by Gasteiger charge is 2.45. The molecule has 2 nitrogen and oxygen atoms in total. The van der Waals surface area contributed by atoms with Crippen LogP contribution >= 0.6 is 0 Å². The van der Waals surface area contributed by atoms with E-state index in [2.05, 4.69) is 34.6 Å². The third-order valence-corrected chi connectivity index (χ3v) is 3.89. The molecule has 1 fully saturated rings. The van der Waals surface area contributed by atoms with E-state index in [0.717, 1.165) is 6.42 Å². The number of nitrogens with zero attached hydrogens (tertiary/aromatic N) is 1. The smallest absolute Gasteiger partial charge is 0.146 e. The fourth-order valence-electron chi connectivity index (χ4n) is 2.85. The average Bonchev–Trinajstić information content (AvgIpc) is 3.23. The Morgan fingerprint density at radius 3 is 2.68 bits per heavy atom. The summed E-state index contributed by atoms with van der Waals surface area (Å²) in [5, 5.41) is 3.22. The fourth-order valence-corrected chi connectivity index (χ4v) is 2.85. The average molecular weight is 256 g/mol. The number of pyridine rings is 1. The van der Waals surface area contributed by atoms with Gasteiger partial charge in [0, 0.05) is 6.20 Å². The van der Waals surface area contributed by atoms with Crippen LogP contribution in [0, 0.1) is 11.7 Å². The second kappa shape index (κ2) is 5.10. The monoisotopic (exact) mass is 256 g/mol. The zero-order valence-corrected chi connectivity index (χ0v) is 10.9. The molecule has 1 aliphatic rings. The maximum Gasteiger partial charge on any atom is 0.146 e. The third kappa shape index (κ3) is 2.38. The lowest BCUT2D eigenvalue weighted by Gasteiger charge is -2.16. The lowest BCUT2D eigenvalue weighted by atomic mass is 10.0. The van der Waals surface area contributed by atoms with Crippen molar-refractivity contribution in [2.45, 2.75) is 18.4 Å². The Kier molecular flexibility index (Phi) is 3.30. The molecule has 3 unspecified atom stereocenters. The normalized spacial score (nSPS) is 23.1. The van der Waals surface area contributed by atoms with Gasteiger partial charge in [-0.2, -0.15) is 0 Å². The van der Waals surface area contributed by atoms with E-state index in [1.165, 1.54) is 11.6 Å². The number of halogens is 1. The van der Waals surface area contributed by atoms with Crippen molar-refractivity contribution in [1.29, 1.82) is 0 Å². The molecule has 0 spiro atoms. The summed E-state index contributed by atoms with van der Waals surface area (Å²) in [5.74, 6) is 0.720. The standard InChI is InChI=1S/C16H17FN2/c1-18-15(16-14(17)8-5-9-19-16)13-10-12(13)11-6-3-2-4-7-11/h2-9,12-13,15,18H,10H2,1H3. The molecule has 0 aliphatic heterocycles. The molecule has 0 bridgehead atoms. The molecule has 0 amide bonds. The summed E-state index contributed by atoms with van der Waals surface area (Å²) < 4.78 is 13.8. The Hall–Kier alpha value is -1.74. The van der Waals surface area contributed by atoms with Crippen molar-refractivity contribution < 1.29 is 4.39 Å². The van der Waals surface area contributed by atoms with Crippen molar-refractivity contribution in [2.24, 2.45) is 5.92 Å². The first-order valence-corrected chi connectivity index (χ1v) is 6.64. The number of nitrogens with one attached hydrogen (secondary N) is 1. The molecule has 1 aromatic heterocycles. The van der Waals surface area contributed by atoms with Gasteiger partial charge in [-0.25, -0.2) is 4.39 Å². The molecule has 1 heterocycles. The summed E-state index contributed by atoms with van der Waals surface area (Å²) in [5.41, 5.74) is 1.87. The Labute approximate surface area is 112 Å². The molecule has 0 saturated heterocycles. The van der Waals surface area contributed by atoms with E-state index in [0.29, 0.717) is 17.5 Å². The Morgan fingerprint density at radius 2 is 2.00 bits per heavy atom. The van der Waals surface area contributed by atoms with E-state index in [1.807, 2.05) is 13.1 Å². The summed E-state index contributed by atoms with van der Waals surface area (Å²) in [6, 6.07) is 13.5. The second-order valence-electron chi connectivity index (χ2n) is 5.05. The Balaban J connectivity index is 1.81. The minimum Gasteiger partial charge on any atom is -0.311 e. The van der Waals surface area contributed by atoms with Crippen molar-refractivity contribution in [3.8, 4) is 0 Å². The predicted molar refractivity (Wildman–Crippen MR) is 73.3 cm³/mol. The van der Waals surface area contributed by atoms with Crippen LogP contribution in [0.25, 0.3) is 0 Å². The van der Waals surface area contributed by atoms with Gasteiger partial charge in [-0.05, 0) is 43.0 Å². The van der Waals surface area contributed by atoms with Gasteiger partial charge in [0.25, 0.3) is 0 Å². The highest BCUT2D eigenvalue weighted by atomic mass is 19.1. The fraction of sp³-hybridized carbons (Fsp3) is 0.312. The summed E-state index contributed by atoms with van der Waals surface area (Å²) in [4.78, 5) is 4.20. The first-order valence-electron chi connectivity index (χ1n) is 6.64. The van der Waals surface area contributed by atoms with Crippen molar-refractivity contribution in [3.05, 3.63) is 65.7 Å². The molecule has 98 valence electrons. The van der Waals surface area contributed by atoms with Crippen LogP contribution in [-0.2, 0) is 0 Å². The summed E-state index contributed by atoms with van der Waals surface area (Å²) in [6.07, 6.45) is 2.74. The van der Waals surface area contributed by atoms with Crippen LogP contribution in [0.15, 0.2) is 48.7 Å². The minimum atomic E-state index is -0.222. The molecule has 1 saturated carbocycles. The van der Waals surface area contributed by atoms with Gasteiger partial charge < -0.3 is 5.32 Å². The molecular weight excluding hydrogens is 239 g/mol. The van der Waals surface area contributed by atoms with E-state index >= 15 is 0 Å². The first kappa shape index (κ1) is 12.3. The largest absolute Gasteiger partial charge is 0.311 e. The summed E-state index contributed by atoms with van der Waals surface area (Å²) >= 11 is 0. The van der Waals surface area contributed by atoms with Gasteiger partial charge in [0.15, 0.2) is 0 Å². The topological polar surface area (TPSA) is 24.9 Å². The third-order valence-electron chi connectivity index (χ3n) is 3.89. The number of rotatable bonds is 4. The van der Waals surface area contributed by atoms with Crippen LogP contribution in [0.2, 0.25) is 0 Å². The molecule has 1 aromatic carbocycles. The molecule has 1 N–H and O–H groups in total. The number of benzene rings is 1. The number of hydrogen-bond donors (Lipinski definition) is 1. The van der Waals surface area contributed by atoms with Crippen LogP contribution in [0.3, 0.4) is 0 Å². The Bertz CT molecular complexity index is 556. The first-order chi connectivity index (χ1) is 9.31. The summed E-state index contributed by atoms with van der Waals surface area (Å²) in [7, 11) is 1.87. The van der Waals surface area contributed by atoms with Gasteiger partial charge in [-0.3, -0.25) is 4.98 Å². The van der Waals surface area contributed by atoms with Crippen molar-refractivity contribution in [3.63, 3.8) is 0 Å². The highest BCUT2D eigenvalue weighted by Crippen LogP contribution is 2.53. The van der Waals surface area contributed by atoms with Crippen LogP contribution in [0.1, 0.15) is 29.6 Å². The van der Waals surface area contributed by atoms with Gasteiger partial charge in [0.05, 0.1) is 11.7 Å². The highest BCUT2D eigenvalue weighted by molar-refractivity contribution is 5.28. The van der Waals surface area contributed by atoms with Crippen molar-refractivity contribution >= 4 is 0 Å². The van der Waals surface area contributed by atoms with E-state index < -0.39 is 0 Å². The van der Waals surface area contributed by atoms with Crippen LogP contribution in [-0.4, -0.2) is 12.0 Å². The molecule has 19 heavy (non-hydrogen) atoms. The van der Waals surface area contributed by atoms with Crippen LogP contribution < -0.4 is 5.32 Å². The zero-order chi connectivity index (χ0) is 13.2. The van der Waals surface area contributed by atoms with Gasteiger partial charge in [0.2, 0.25) is 0 Å². The van der Waals surface area contributed by atoms with E-state index in [9.17, 15) is 4.39 Å². The molecular formula is C16H17FN2. The van der Waals surface area contributed by atoms with Crippen molar-refractivity contribution in [2.75, 3.05) is 7.05 Å². The minimum absolute atomic E-state index is 0.00796. The van der Waals surface area contributed by atoms with Gasteiger partial charge in [-0.1, -0.05) is 30.3 Å². The van der Waals surface area contributed by atoms with Crippen LogP contribution in [0.5, 0.6) is 0 Å². The molecule has 3 rings (SSSR count). The molecule has 2 aromatic rings.